The summed E-state index contributed by atoms with van der Waals surface area (Å²) in [6.07, 6.45) is 6.91. The van der Waals surface area contributed by atoms with E-state index >= 15 is 0 Å². The summed E-state index contributed by atoms with van der Waals surface area (Å²) >= 11 is 0. The first-order valence-corrected chi connectivity index (χ1v) is 6.92. The van der Waals surface area contributed by atoms with Crippen LogP contribution >= 0.6 is 0 Å². The van der Waals surface area contributed by atoms with Crippen LogP contribution in [0.5, 0.6) is 0 Å². The molecule has 0 aliphatic heterocycles. The third-order valence-corrected chi connectivity index (χ3v) is 3.98. The first-order chi connectivity index (χ1) is 7.00. The fourth-order valence-electron chi connectivity index (χ4n) is 2.08. The monoisotopic (exact) mass is 229 g/mol. The number of hydrogen-bond acceptors (Lipinski definition) is 4. The lowest BCUT2D eigenvalue weighted by molar-refractivity contribution is 0.473. The van der Waals surface area contributed by atoms with Gasteiger partial charge in [-0.25, -0.2) is 13.1 Å². The van der Waals surface area contributed by atoms with E-state index in [4.69, 9.17) is 5.73 Å². The molecule has 0 saturated heterocycles. The van der Waals surface area contributed by atoms with Gasteiger partial charge in [0.1, 0.15) is 10.7 Å². The highest BCUT2D eigenvalue weighted by Crippen LogP contribution is 2.32. The minimum atomic E-state index is -3.25. The van der Waals surface area contributed by atoms with Crippen LogP contribution in [0.4, 0.5) is 5.82 Å². The molecule has 0 amide bonds. The van der Waals surface area contributed by atoms with Gasteiger partial charge in [-0.1, -0.05) is 12.8 Å². The van der Waals surface area contributed by atoms with Crippen molar-refractivity contribution < 1.29 is 8.42 Å². The van der Waals surface area contributed by atoms with Crippen LogP contribution in [0.2, 0.25) is 0 Å². The fourth-order valence-corrected chi connectivity index (χ4v) is 2.79. The lowest BCUT2D eigenvalue weighted by Gasteiger charge is -2.11. The first kappa shape index (κ1) is 10.5. The Balaban J connectivity index is 2.39. The lowest BCUT2D eigenvalue weighted by Crippen LogP contribution is -2.11. The van der Waals surface area contributed by atoms with E-state index in [2.05, 4.69) is 5.10 Å². The number of nitrogens with two attached hydrogens (primary N) is 1. The zero-order chi connectivity index (χ0) is 11.1. The van der Waals surface area contributed by atoms with E-state index in [1.807, 2.05) is 0 Å². The summed E-state index contributed by atoms with van der Waals surface area (Å²) in [6, 6.07) is 0.278. The van der Waals surface area contributed by atoms with Crippen LogP contribution in [0.3, 0.4) is 0 Å². The highest BCUT2D eigenvalue weighted by molar-refractivity contribution is 7.90. The molecule has 1 saturated carbocycles. The molecule has 1 heterocycles. The van der Waals surface area contributed by atoms with Crippen molar-refractivity contribution in [2.75, 3.05) is 12.0 Å². The highest BCUT2D eigenvalue weighted by atomic mass is 32.2. The van der Waals surface area contributed by atoms with Gasteiger partial charge >= 0.3 is 0 Å². The van der Waals surface area contributed by atoms with E-state index in [0.29, 0.717) is 0 Å². The Morgan fingerprint density at radius 2 is 2.07 bits per heavy atom. The Labute approximate surface area is 89.2 Å². The molecule has 2 rings (SSSR count). The third kappa shape index (κ3) is 1.86. The Morgan fingerprint density at radius 1 is 1.47 bits per heavy atom. The normalized spacial score (nSPS) is 18.5. The molecule has 1 aromatic rings. The van der Waals surface area contributed by atoms with Gasteiger partial charge in [-0.2, -0.15) is 5.10 Å². The second-order valence-electron chi connectivity index (χ2n) is 4.05. The van der Waals surface area contributed by atoms with Crippen molar-refractivity contribution in [3.05, 3.63) is 6.20 Å². The van der Waals surface area contributed by atoms with Gasteiger partial charge in [0, 0.05) is 6.26 Å². The van der Waals surface area contributed by atoms with Crippen molar-refractivity contribution in [3.8, 4) is 0 Å². The number of anilines is 1. The molecular weight excluding hydrogens is 214 g/mol. The summed E-state index contributed by atoms with van der Waals surface area (Å²) in [5.41, 5.74) is 5.79. The van der Waals surface area contributed by atoms with Crippen LogP contribution in [0.1, 0.15) is 31.7 Å². The van der Waals surface area contributed by atoms with Crippen LogP contribution in [0, 0.1) is 0 Å². The van der Waals surface area contributed by atoms with Crippen molar-refractivity contribution in [1.82, 2.24) is 9.78 Å². The van der Waals surface area contributed by atoms with Gasteiger partial charge in [0.15, 0.2) is 9.84 Å². The van der Waals surface area contributed by atoms with E-state index < -0.39 is 9.84 Å². The molecule has 0 atom stereocenters. The van der Waals surface area contributed by atoms with Crippen molar-refractivity contribution in [3.63, 3.8) is 0 Å². The minimum Gasteiger partial charge on any atom is -0.383 e. The van der Waals surface area contributed by atoms with Gasteiger partial charge in [0.25, 0.3) is 0 Å². The van der Waals surface area contributed by atoms with Gasteiger partial charge in [0.05, 0.1) is 12.2 Å². The summed E-state index contributed by atoms with van der Waals surface area (Å²) in [4.78, 5) is 0.148. The molecule has 84 valence electrons. The van der Waals surface area contributed by atoms with Gasteiger partial charge in [0.2, 0.25) is 0 Å². The number of nitrogen functional groups attached to an aromatic ring is 1. The summed E-state index contributed by atoms with van der Waals surface area (Å²) in [5.74, 6) is 0.282. The fraction of sp³-hybridized carbons (Fsp3) is 0.667. The molecule has 6 heteroatoms. The van der Waals surface area contributed by atoms with Crippen LogP contribution in [0.25, 0.3) is 0 Å². The number of aromatic nitrogens is 2. The van der Waals surface area contributed by atoms with Crippen molar-refractivity contribution in [2.24, 2.45) is 0 Å². The maximum Gasteiger partial charge on any atom is 0.180 e. The van der Waals surface area contributed by atoms with Gasteiger partial charge < -0.3 is 5.73 Å². The van der Waals surface area contributed by atoms with Crippen molar-refractivity contribution in [2.45, 2.75) is 36.6 Å². The smallest absolute Gasteiger partial charge is 0.180 e. The molecule has 1 aromatic heterocycles. The molecule has 0 spiro atoms. The second-order valence-corrected chi connectivity index (χ2v) is 6.03. The first-order valence-electron chi connectivity index (χ1n) is 5.03. The predicted molar refractivity (Wildman–Crippen MR) is 57.3 cm³/mol. The van der Waals surface area contributed by atoms with Gasteiger partial charge in [-0.05, 0) is 12.8 Å². The van der Waals surface area contributed by atoms with E-state index in [1.54, 1.807) is 4.68 Å². The Bertz CT molecular complexity index is 458. The molecule has 15 heavy (non-hydrogen) atoms. The number of sulfone groups is 1. The summed E-state index contributed by atoms with van der Waals surface area (Å²) in [5, 5.41) is 4.08. The van der Waals surface area contributed by atoms with Crippen LogP contribution in [-0.2, 0) is 9.84 Å². The predicted octanol–water partition coefficient (Wildman–Crippen LogP) is 0.984. The number of hydrogen-bond donors (Lipinski definition) is 1. The van der Waals surface area contributed by atoms with E-state index in [1.165, 1.54) is 6.20 Å². The lowest BCUT2D eigenvalue weighted by atomic mass is 10.2. The molecule has 0 aromatic carbocycles. The topological polar surface area (TPSA) is 78.0 Å². The second kappa shape index (κ2) is 3.52. The Hall–Kier alpha value is -1.04. The van der Waals surface area contributed by atoms with E-state index in [0.717, 1.165) is 31.9 Å². The molecule has 0 unspecified atom stereocenters. The quantitative estimate of drug-likeness (QED) is 0.820. The average Bonchev–Trinajstić information content (AvgIpc) is 2.69. The Kier molecular flexibility index (Phi) is 2.46. The molecule has 1 aliphatic rings. The van der Waals surface area contributed by atoms with Crippen molar-refractivity contribution >= 4 is 15.7 Å². The van der Waals surface area contributed by atoms with Crippen molar-refractivity contribution in [1.29, 1.82) is 0 Å². The zero-order valence-electron chi connectivity index (χ0n) is 8.68. The third-order valence-electron chi connectivity index (χ3n) is 2.87. The molecule has 0 radical (unpaired) electrons. The van der Waals surface area contributed by atoms with E-state index in [-0.39, 0.29) is 16.8 Å². The minimum absolute atomic E-state index is 0.148. The summed E-state index contributed by atoms with van der Waals surface area (Å²) in [6.45, 7) is 0. The van der Waals surface area contributed by atoms with Crippen LogP contribution in [-0.4, -0.2) is 24.5 Å². The number of nitrogens with zero attached hydrogens (tertiary/aromatic N) is 2. The van der Waals surface area contributed by atoms with Gasteiger partial charge in [-0.15, -0.1) is 0 Å². The molecule has 0 bridgehead atoms. The zero-order valence-corrected chi connectivity index (χ0v) is 9.50. The highest BCUT2D eigenvalue weighted by Gasteiger charge is 2.23. The summed E-state index contributed by atoms with van der Waals surface area (Å²) < 4.78 is 24.4. The largest absolute Gasteiger partial charge is 0.383 e. The molecule has 1 fully saturated rings. The van der Waals surface area contributed by atoms with Crippen LogP contribution in [0.15, 0.2) is 11.1 Å². The standard InChI is InChI=1S/C9H15N3O2S/c1-15(13,14)8-6-11-12(9(8)10)7-4-2-3-5-7/h6-7H,2-5,10H2,1H3. The summed E-state index contributed by atoms with van der Waals surface area (Å²) in [7, 11) is -3.25. The maximum atomic E-state index is 11.3. The van der Waals surface area contributed by atoms with Crippen LogP contribution < -0.4 is 5.73 Å². The van der Waals surface area contributed by atoms with Gasteiger partial charge in [-0.3, -0.25) is 0 Å². The maximum absolute atomic E-state index is 11.3. The Morgan fingerprint density at radius 3 is 2.53 bits per heavy atom. The van der Waals surface area contributed by atoms with E-state index in [9.17, 15) is 8.42 Å². The molecule has 2 N–H and O–H groups in total. The SMILES string of the molecule is CS(=O)(=O)c1cnn(C2CCCC2)c1N. The molecular formula is C9H15N3O2S. The molecule has 5 nitrogen and oxygen atoms in total. The average molecular weight is 229 g/mol. The number of rotatable bonds is 2. The molecule has 1 aliphatic carbocycles.